The maximum Gasteiger partial charge on any atom is 0.138 e. The summed E-state index contributed by atoms with van der Waals surface area (Å²) < 4.78 is 0. The molecule has 0 unspecified atom stereocenters. The van der Waals surface area contributed by atoms with Gasteiger partial charge in [-0.15, -0.1) is 22.9 Å². The number of nitrogens with zero attached hydrogens (tertiary/aromatic N) is 2. The molecule has 1 fully saturated rings. The van der Waals surface area contributed by atoms with Crippen LogP contribution in [-0.2, 0) is 6.42 Å². The second-order valence-electron chi connectivity index (χ2n) is 5.51. The Balaban J connectivity index is 1.69. The molecule has 2 aromatic rings. The highest BCUT2D eigenvalue weighted by Crippen LogP contribution is 2.30. The summed E-state index contributed by atoms with van der Waals surface area (Å²) in [5, 5.41) is 5.08. The molecule has 5 heteroatoms. The van der Waals surface area contributed by atoms with E-state index in [0.29, 0.717) is 5.38 Å². The van der Waals surface area contributed by atoms with E-state index < -0.39 is 0 Å². The lowest BCUT2D eigenvalue weighted by Gasteiger charge is -2.25. The predicted octanol–water partition coefficient (Wildman–Crippen LogP) is 4.46. The highest BCUT2D eigenvalue weighted by Gasteiger charge is 2.19. The second-order valence-corrected chi connectivity index (χ2v) is 7.24. The molecule has 1 saturated carbocycles. The molecule has 0 atom stereocenters. The number of aryl methyl sites for hydroxylation is 1. The molecule has 0 bridgehead atoms. The molecule has 1 aliphatic carbocycles. The zero-order valence-corrected chi connectivity index (χ0v) is 13.3. The van der Waals surface area contributed by atoms with Crippen LogP contribution >= 0.6 is 22.9 Å². The Morgan fingerprint density at radius 3 is 2.85 bits per heavy atom. The van der Waals surface area contributed by atoms with E-state index in [-0.39, 0.29) is 0 Å². The average molecular weight is 310 g/mol. The van der Waals surface area contributed by atoms with Gasteiger partial charge in [0.15, 0.2) is 0 Å². The minimum Gasteiger partial charge on any atom is -0.369 e. The number of anilines is 1. The third kappa shape index (κ3) is 3.07. The van der Waals surface area contributed by atoms with Crippen LogP contribution in [0.2, 0.25) is 0 Å². The number of aromatic nitrogens is 2. The first-order valence-corrected chi connectivity index (χ1v) is 8.63. The highest BCUT2D eigenvalue weighted by molar-refractivity contribution is 7.18. The van der Waals surface area contributed by atoms with Gasteiger partial charge in [0.05, 0.1) is 5.39 Å². The van der Waals surface area contributed by atoms with Gasteiger partial charge in [-0.2, -0.15) is 0 Å². The monoisotopic (exact) mass is 309 g/mol. The van der Waals surface area contributed by atoms with Crippen molar-refractivity contribution in [3.05, 3.63) is 17.3 Å². The van der Waals surface area contributed by atoms with Crippen LogP contribution in [0, 0.1) is 5.92 Å². The minimum absolute atomic E-state index is 0.390. The molecule has 2 aromatic heterocycles. The normalized spacial score (nSPS) is 23.1. The number of hydrogen-bond donors (Lipinski definition) is 1. The van der Waals surface area contributed by atoms with Crippen molar-refractivity contribution in [2.24, 2.45) is 5.92 Å². The van der Waals surface area contributed by atoms with E-state index in [1.165, 1.54) is 23.1 Å². The van der Waals surface area contributed by atoms with E-state index in [4.69, 9.17) is 11.6 Å². The van der Waals surface area contributed by atoms with E-state index in [0.717, 1.165) is 42.4 Å². The quantitative estimate of drug-likeness (QED) is 0.847. The molecule has 0 aliphatic heterocycles. The van der Waals surface area contributed by atoms with Crippen molar-refractivity contribution in [1.29, 1.82) is 0 Å². The van der Waals surface area contributed by atoms with Crippen LogP contribution < -0.4 is 5.32 Å². The maximum atomic E-state index is 6.16. The van der Waals surface area contributed by atoms with Crippen LogP contribution in [0.25, 0.3) is 10.2 Å². The molecule has 108 valence electrons. The fourth-order valence-electron chi connectivity index (χ4n) is 2.79. The Hall–Kier alpha value is -0.870. The second kappa shape index (κ2) is 6.27. The predicted molar refractivity (Wildman–Crippen MR) is 86.9 cm³/mol. The number of alkyl halides is 1. The van der Waals surface area contributed by atoms with Gasteiger partial charge in [0.2, 0.25) is 0 Å². The average Bonchev–Trinajstić information content (AvgIpc) is 2.90. The number of hydrogen-bond acceptors (Lipinski definition) is 4. The first kappa shape index (κ1) is 14.1. The summed E-state index contributed by atoms with van der Waals surface area (Å²) in [6, 6.07) is 2.22. The molecule has 1 aliphatic rings. The third-order valence-corrected chi connectivity index (χ3v) is 5.69. The van der Waals surface area contributed by atoms with Gasteiger partial charge < -0.3 is 5.32 Å². The van der Waals surface area contributed by atoms with Crippen LogP contribution in [0.15, 0.2) is 12.4 Å². The summed E-state index contributed by atoms with van der Waals surface area (Å²) in [4.78, 5) is 11.2. The summed E-state index contributed by atoms with van der Waals surface area (Å²) >= 11 is 7.92. The van der Waals surface area contributed by atoms with Gasteiger partial charge in [-0.25, -0.2) is 9.97 Å². The van der Waals surface area contributed by atoms with E-state index >= 15 is 0 Å². The summed E-state index contributed by atoms with van der Waals surface area (Å²) in [7, 11) is 0. The van der Waals surface area contributed by atoms with Gasteiger partial charge >= 0.3 is 0 Å². The Bertz CT molecular complexity index is 576. The number of halogens is 1. The number of thiophene rings is 1. The lowest BCUT2D eigenvalue weighted by atomic mass is 9.89. The number of fused-ring (bicyclic) bond motifs is 1. The Labute approximate surface area is 128 Å². The van der Waals surface area contributed by atoms with Crippen LogP contribution in [-0.4, -0.2) is 21.9 Å². The SMILES string of the molecule is CCc1cc2c(NCC3CCC(Cl)CC3)ncnc2s1. The maximum absolute atomic E-state index is 6.16. The Kier molecular flexibility index (Phi) is 4.41. The number of rotatable bonds is 4. The first-order chi connectivity index (χ1) is 9.76. The summed E-state index contributed by atoms with van der Waals surface area (Å²) in [6.45, 7) is 3.17. The molecule has 0 amide bonds. The lowest BCUT2D eigenvalue weighted by molar-refractivity contribution is 0.378. The zero-order valence-electron chi connectivity index (χ0n) is 11.7. The van der Waals surface area contributed by atoms with Gasteiger partial charge in [-0.3, -0.25) is 0 Å². The van der Waals surface area contributed by atoms with Crippen LogP contribution in [0.5, 0.6) is 0 Å². The smallest absolute Gasteiger partial charge is 0.138 e. The Morgan fingerprint density at radius 1 is 1.30 bits per heavy atom. The van der Waals surface area contributed by atoms with Crippen molar-refractivity contribution in [2.75, 3.05) is 11.9 Å². The van der Waals surface area contributed by atoms with Crippen molar-refractivity contribution in [3.63, 3.8) is 0 Å². The largest absolute Gasteiger partial charge is 0.369 e. The van der Waals surface area contributed by atoms with Crippen molar-refractivity contribution < 1.29 is 0 Å². The van der Waals surface area contributed by atoms with Crippen LogP contribution in [0.3, 0.4) is 0 Å². The van der Waals surface area contributed by atoms with E-state index in [2.05, 4.69) is 28.3 Å². The molecule has 20 heavy (non-hydrogen) atoms. The van der Waals surface area contributed by atoms with Crippen molar-refractivity contribution >= 4 is 39.0 Å². The highest BCUT2D eigenvalue weighted by atomic mass is 35.5. The van der Waals surface area contributed by atoms with Crippen LogP contribution in [0.1, 0.15) is 37.5 Å². The number of nitrogens with one attached hydrogen (secondary N) is 1. The molecular formula is C15H20ClN3S. The van der Waals surface area contributed by atoms with Crippen LogP contribution in [0.4, 0.5) is 5.82 Å². The first-order valence-electron chi connectivity index (χ1n) is 7.37. The molecule has 2 heterocycles. The van der Waals surface area contributed by atoms with Crippen molar-refractivity contribution in [1.82, 2.24) is 9.97 Å². The fraction of sp³-hybridized carbons (Fsp3) is 0.600. The van der Waals surface area contributed by atoms with E-state index in [1.807, 2.05) is 0 Å². The van der Waals surface area contributed by atoms with Crippen molar-refractivity contribution in [3.8, 4) is 0 Å². The molecule has 0 aromatic carbocycles. The van der Waals surface area contributed by atoms with Gasteiger partial charge in [-0.1, -0.05) is 6.92 Å². The summed E-state index contributed by atoms with van der Waals surface area (Å²) in [5.41, 5.74) is 0. The van der Waals surface area contributed by atoms with Gasteiger partial charge in [0.1, 0.15) is 17.0 Å². The standard InChI is InChI=1S/C15H20ClN3S/c1-2-12-7-13-14(18-9-19-15(13)20-12)17-8-10-3-5-11(16)6-4-10/h7,9-11H,2-6,8H2,1H3,(H,17,18,19). The van der Waals surface area contributed by atoms with Gasteiger partial charge in [-0.05, 0) is 44.1 Å². The fourth-order valence-corrected chi connectivity index (χ4v) is 3.97. The third-order valence-electron chi connectivity index (χ3n) is 4.06. The summed E-state index contributed by atoms with van der Waals surface area (Å²) in [6.07, 6.45) is 7.45. The zero-order chi connectivity index (χ0) is 13.9. The molecular weight excluding hydrogens is 290 g/mol. The minimum atomic E-state index is 0.390. The van der Waals surface area contributed by atoms with Gasteiger partial charge in [0, 0.05) is 16.8 Å². The van der Waals surface area contributed by atoms with Crippen molar-refractivity contribution in [2.45, 2.75) is 44.4 Å². The molecule has 0 spiro atoms. The Morgan fingerprint density at radius 2 is 2.10 bits per heavy atom. The molecule has 0 radical (unpaired) electrons. The lowest BCUT2D eigenvalue weighted by Crippen LogP contribution is -2.21. The summed E-state index contributed by atoms with van der Waals surface area (Å²) in [5.74, 6) is 1.71. The van der Waals surface area contributed by atoms with E-state index in [1.54, 1.807) is 17.7 Å². The molecule has 1 N–H and O–H groups in total. The molecule has 0 saturated heterocycles. The van der Waals surface area contributed by atoms with E-state index in [9.17, 15) is 0 Å². The topological polar surface area (TPSA) is 37.8 Å². The van der Waals surface area contributed by atoms with Gasteiger partial charge in [0.25, 0.3) is 0 Å². The molecule has 3 rings (SSSR count). The molecule has 3 nitrogen and oxygen atoms in total.